The van der Waals surface area contributed by atoms with E-state index in [9.17, 15) is 9.59 Å². The van der Waals surface area contributed by atoms with E-state index in [0.717, 1.165) is 25.1 Å². The number of alkyl halides is 1. The van der Waals surface area contributed by atoms with E-state index in [4.69, 9.17) is 17.3 Å². The Balaban J connectivity index is 1.97. The fraction of sp³-hybridized carbons (Fsp3) is 0.571. The largest absolute Gasteiger partial charge is 0.364 e. The molecule has 6 nitrogen and oxygen atoms in total. The zero-order valence-electron chi connectivity index (χ0n) is 11.8. The predicted octanol–water partition coefficient (Wildman–Crippen LogP) is 0.985. The number of nitrogens with zero attached hydrogens (tertiary/aromatic N) is 3. The Morgan fingerprint density at radius 2 is 2.24 bits per heavy atom. The molecule has 0 aliphatic carbocycles. The molecule has 2 heterocycles. The third-order valence-electron chi connectivity index (χ3n) is 3.65. The number of primary amides is 1. The fourth-order valence-corrected chi connectivity index (χ4v) is 2.80. The molecule has 0 saturated carbocycles. The summed E-state index contributed by atoms with van der Waals surface area (Å²) >= 11 is 5.62. The van der Waals surface area contributed by atoms with Crippen LogP contribution in [0.1, 0.15) is 35.4 Å². The quantitative estimate of drug-likeness (QED) is 0.821. The van der Waals surface area contributed by atoms with Gasteiger partial charge in [0.1, 0.15) is 12.0 Å². The smallest absolute Gasteiger partial charge is 0.267 e. The highest BCUT2D eigenvalue weighted by atomic mass is 35.5. The Bertz CT molecular complexity index is 523. The topological polar surface area (TPSA) is 89.2 Å². The van der Waals surface area contributed by atoms with Crippen molar-refractivity contribution < 1.29 is 9.59 Å². The normalized spacial score (nSPS) is 18.5. The van der Waals surface area contributed by atoms with Crippen LogP contribution in [-0.4, -0.2) is 45.7 Å². The summed E-state index contributed by atoms with van der Waals surface area (Å²) in [5.41, 5.74) is 6.23. The van der Waals surface area contributed by atoms with Crippen molar-refractivity contribution >= 4 is 23.4 Å². The molecular formula is C14H19ClN4O2. The Morgan fingerprint density at radius 1 is 1.43 bits per heavy atom. The first kappa shape index (κ1) is 15.7. The number of carbonyl (C=O) groups excluding carboxylic acids is 2. The Labute approximate surface area is 128 Å². The summed E-state index contributed by atoms with van der Waals surface area (Å²) in [4.78, 5) is 32.9. The van der Waals surface area contributed by atoms with E-state index >= 15 is 0 Å². The molecule has 1 saturated heterocycles. The minimum atomic E-state index is -0.554. The first-order chi connectivity index (χ1) is 10.1. The molecule has 1 aliphatic heterocycles. The van der Waals surface area contributed by atoms with Gasteiger partial charge in [0.25, 0.3) is 5.91 Å². The summed E-state index contributed by atoms with van der Waals surface area (Å²) in [7, 11) is 0. The van der Waals surface area contributed by atoms with E-state index in [1.54, 1.807) is 6.07 Å². The first-order valence-corrected chi connectivity index (χ1v) is 7.58. The van der Waals surface area contributed by atoms with E-state index < -0.39 is 5.91 Å². The van der Waals surface area contributed by atoms with Crippen LogP contribution in [0.15, 0.2) is 12.4 Å². The molecule has 0 radical (unpaired) electrons. The van der Waals surface area contributed by atoms with Crippen molar-refractivity contribution in [3.63, 3.8) is 0 Å². The number of carbonyl (C=O) groups is 2. The molecule has 0 bridgehead atoms. The van der Waals surface area contributed by atoms with Crippen LogP contribution >= 0.6 is 11.6 Å². The molecule has 2 rings (SSSR count). The highest BCUT2D eigenvalue weighted by molar-refractivity contribution is 6.18. The number of nitrogens with two attached hydrogens (primary N) is 1. The van der Waals surface area contributed by atoms with Gasteiger partial charge < -0.3 is 10.6 Å². The van der Waals surface area contributed by atoms with Gasteiger partial charge in [0, 0.05) is 31.1 Å². The SMILES string of the molecule is NC(=O)c1cc(CC2CCCN(C(=O)CCCl)C2)ncn1. The summed E-state index contributed by atoms with van der Waals surface area (Å²) < 4.78 is 0. The van der Waals surface area contributed by atoms with Crippen LogP contribution in [-0.2, 0) is 11.2 Å². The minimum Gasteiger partial charge on any atom is -0.364 e. The van der Waals surface area contributed by atoms with Gasteiger partial charge in [0.2, 0.25) is 5.91 Å². The number of hydrogen-bond donors (Lipinski definition) is 1. The van der Waals surface area contributed by atoms with Crippen molar-refractivity contribution in [2.24, 2.45) is 11.7 Å². The van der Waals surface area contributed by atoms with Crippen LogP contribution < -0.4 is 5.73 Å². The molecule has 1 aromatic heterocycles. The molecular weight excluding hydrogens is 292 g/mol. The van der Waals surface area contributed by atoms with Gasteiger partial charge in [0.05, 0.1) is 0 Å². The molecule has 1 fully saturated rings. The lowest BCUT2D eigenvalue weighted by molar-refractivity contribution is -0.132. The van der Waals surface area contributed by atoms with Gasteiger partial charge in [-0.25, -0.2) is 9.97 Å². The lowest BCUT2D eigenvalue weighted by Gasteiger charge is -2.32. The second-order valence-corrected chi connectivity index (χ2v) is 5.63. The molecule has 114 valence electrons. The maximum Gasteiger partial charge on any atom is 0.267 e. The Kier molecular flexibility index (Phi) is 5.50. The number of hydrogen-bond acceptors (Lipinski definition) is 4. The maximum absolute atomic E-state index is 11.9. The summed E-state index contributed by atoms with van der Waals surface area (Å²) in [5, 5.41) is 0. The fourth-order valence-electron chi connectivity index (χ4n) is 2.64. The van der Waals surface area contributed by atoms with Crippen LogP contribution in [0, 0.1) is 5.92 Å². The van der Waals surface area contributed by atoms with E-state index in [1.165, 1.54) is 6.33 Å². The van der Waals surface area contributed by atoms with Crippen LogP contribution in [0.2, 0.25) is 0 Å². The lowest BCUT2D eigenvalue weighted by atomic mass is 9.93. The molecule has 2 amide bonds. The maximum atomic E-state index is 11.9. The number of likely N-dealkylation sites (tertiary alicyclic amines) is 1. The summed E-state index contributed by atoms with van der Waals surface area (Å²) in [5.74, 6) is 0.249. The van der Waals surface area contributed by atoms with Crippen molar-refractivity contribution in [1.82, 2.24) is 14.9 Å². The molecule has 2 N–H and O–H groups in total. The molecule has 0 spiro atoms. The third-order valence-corrected chi connectivity index (χ3v) is 3.84. The van der Waals surface area contributed by atoms with Gasteiger partial charge in [-0.2, -0.15) is 0 Å². The number of halogens is 1. The summed E-state index contributed by atoms with van der Waals surface area (Å²) in [6.45, 7) is 1.51. The molecule has 21 heavy (non-hydrogen) atoms. The van der Waals surface area contributed by atoms with Gasteiger partial charge in [0.15, 0.2) is 0 Å². The van der Waals surface area contributed by atoms with E-state index in [0.29, 0.717) is 31.2 Å². The molecule has 1 unspecified atom stereocenters. The molecule has 1 atom stereocenters. The summed E-state index contributed by atoms with van der Waals surface area (Å²) in [6.07, 6.45) is 4.47. The van der Waals surface area contributed by atoms with Crippen LogP contribution in [0.4, 0.5) is 0 Å². The van der Waals surface area contributed by atoms with Gasteiger partial charge in [-0.15, -0.1) is 11.6 Å². The second kappa shape index (κ2) is 7.36. The van der Waals surface area contributed by atoms with Gasteiger partial charge >= 0.3 is 0 Å². The highest BCUT2D eigenvalue weighted by Gasteiger charge is 2.23. The van der Waals surface area contributed by atoms with Crippen molar-refractivity contribution in [3.05, 3.63) is 23.8 Å². The Morgan fingerprint density at radius 3 is 2.95 bits per heavy atom. The average Bonchev–Trinajstić information content (AvgIpc) is 2.48. The zero-order chi connectivity index (χ0) is 15.2. The van der Waals surface area contributed by atoms with Crippen LogP contribution in [0.25, 0.3) is 0 Å². The van der Waals surface area contributed by atoms with Crippen molar-refractivity contribution in [3.8, 4) is 0 Å². The molecule has 1 aromatic rings. The molecule has 0 aromatic carbocycles. The summed E-state index contributed by atoms with van der Waals surface area (Å²) in [6, 6.07) is 1.63. The zero-order valence-corrected chi connectivity index (χ0v) is 12.6. The van der Waals surface area contributed by atoms with E-state index in [1.807, 2.05) is 4.90 Å². The number of rotatable bonds is 5. The van der Waals surface area contributed by atoms with Crippen LogP contribution in [0.5, 0.6) is 0 Å². The van der Waals surface area contributed by atoms with Crippen LogP contribution in [0.3, 0.4) is 0 Å². The molecule has 1 aliphatic rings. The minimum absolute atomic E-state index is 0.107. The van der Waals surface area contributed by atoms with Gasteiger partial charge in [-0.05, 0) is 31.2 Å². The first-order valence-electron chi connectivity index (χ1n) is 7.04. The molecule has 7 heteroatoms. The predicted molar refractivity (Wildman–Crippen MR) is 78.9 cm³/mol. The van der Waals surface area contributed by atoms with Gasteiger partial charge in [-0.3, -0.25) is 9.59 Å². The second-order valence-electron chi connectivity index (χ2n) is 5.25. The standard InChI is InChI=1S/C14H19ClN4O2/c15-4-3-13(20)19-5-1-2-10(8-19)6-11-7-12(14(16)21)18-9-17-11/h7,9-10H,1-6,8H2,(H2,16,21). The van der Waals surface area contributed by atoms with Crippen molar-refractivity contribution in [2.45, 2.75) is 25.7 Å². The van der Waals surface area contributed by atoms with Crippen molar-refractivity contribution in [1.29, 1.82) is 0 Å². The monoisotopic (exact) mass is 310 g/mol. The third kappa shape index (κ3) is 4.39. The number of amides is 2. The van der Waals surface area contributed by atoms with E-state index in [-0.39, 0.29) is 11.6 Å². The lowest BCUT2D eigenvalue weighted by Crippen LogP contribution is -2.40. The Hall–Kier alpha value is -1.69. The average molecular weight is 311 g/mol. The van der Waals surface area contributed by atoms with Crippen molar-refractivity contribution in [2.75, 3.05) is 19.0 Å². The number of piperidine rings is 1. The highest BCUT2D eigenvalue weighted by Crippen LogP contribution is 2.20. The number of aromatic nitrogens is 2. The van der Waals surface area contributed by atoms with Gasteiger partial charge in [-0.1, -0.05) is 0 Å². The van der Waals surface area contributed by atoms with E-state index in [2.05, 4.69) is 9.97 Å².